The van der Waals surface area contributed by atoms with Gasteiger partial charge in [0.05, 0.1) is 6.61 Å². The molecular formula is C9H10N2O4. The molecule has 0 aliphatic heterocycles. The van der Waals surface area contributed by atoms with Crippen molar-refractivity contribution in [2.45, 2.75) is 6.61 Å². The molecule has 0 radical (unpaired) electrons. The largest absolute Gasteiger partial charge is 0.464 e. The maximum atomic E-state index is 11.2. The van der Waals surface area contributed by atoms with Gasteiger partial charge in [-0.05, 0) is 17.7 Å². The zero-order chi connectivity index (χ0) is 11.3. The van der Waals surface area contributed by atoms with Crippen LogP contribution in [0, 0.1) is 0 Å². The van der Waals surface area contributed by atoms with Gasteiger partial charge in [-0.2, -0.15) is 0 Å². The lowest BCUT2D eigenvalue weighted by Gasteiger charge is -2.04. The first-order chi connectivity index (χ1) is 7.13. The van der Waals surface area contributed by atoms with Crippen LogP contribution in [-0.2, 0) is 6.61 Å². The number of hydrogen-bond acceptors (Lipinski definition) is 3. The van der Waals surface area contributed by atoms with Crippen molar-refractivity contribution in [3.8, 4) is 0 Å². The molecule has 1 aromatic rings. The van der Waals surface area contributed by atoms with Crippen LogP contribution in [0.3, 0.4) is 0 Å². The summed E-state index contributed by atoms with van der Waals surface area (Å²) in [5.41, 5.74) is 4.71. The van der Waals surface area contributed by atoms with E-state index in [0.29, 0.717) is 11.1 Å². The second kappa shape index (κ2) is 4.97. The third kappa shape index (κ3) is 3.28. The molecule has 0 atom stereocenters. The van der Waals surface area contributed by atoms with E-state index in [1.807, 2.05) is 5.43 Å². The SMILES string of the molecule is O=C(O)NNC(=O)c1ccc(CO)cc1. The van der Waals surface area contributed by atoms with Crippen LogP contribution in [0.15, 0.2) is 24.3 Å². The molecule has 2 amide bonds. The van der Waals surface area contributed by atoms with Crippen LogP contribution in [0.1, 0.15) is 15.9 Å². The lowest BCUT2D eigenvalue weighted by atomic mass is 10.1. The molecule has 0 unspecified atom stereocenters. The van der Waals surface area contributed by atoms with Crippen molar-refractivity contribution in [2.24, 2.45) is 0 Å². The second-order valence-electron chi connectivity index (χ2n) is 2.74. The number of carbonyl (C=O) groups excluding carboxylic acids is 1. The predicted octanol–water partition coefficient (Wildman–Crippen LogP) is 0.0913. The summed E-state index contributed by atoms with van der Waals surface area (Å²) in [6.45, 7) is -0.102. The number of aliphatic hydroxyl groups is 1. The summed E-state index contributed by atoms with van der Waals surface area (Å²) in [5, 5.41) is 17.0. The molecule has 0 aliphatic rings. The fraction of sp³-hybridized carbons (Fsp3) is 0.111. The molecule has 6 heteroatoms. The van der Waals surface area contributed by atoms with Crippen LogP contribution in [0.2, 0.25) is 0 Å². The van der Waals surface area contributed by atoms with Crippen LogP contribution in [0.4, 0.5) is 4.79 Å². The summed E-state index contributed by atoms with van der Waals surface area (Å²) >= 11 is 0. The van der Waals surface area contributed by atoms with E-state index in [1.54, 1.807) is 17.6 Å². The number of hydrogen-bond donors (Lipinski definition) is 4. The molecule has 0 aliphatic carbocycles. The lowest BCUT2D eigenvalue weighted by Crippen LogP contribution is -2.40. The Hall–Kier alpha value is -2.08. The van der Waals surface area contributed by atoms with E-state index < -0.39 is 12.0 Å². The maximum absolute atomic E-state index is 11.2. The van der Waals surface area contributed by atoms with Crippen molar-refractivity contribution in [1.82, 2.24) is 10.9 Å². The second-order valence-corrected chi connectivity index (χ2v) is 2.74. The lowest BCUT2D eigenvalue weighted by molar-refractivity contribution is 0.0926. The van der Waals surface area contributed by atoms with Crippen molar-refractivity contribution >= 4 is 12.0 Å². The third-order valence-electron chi connectivity index (χ3n) is 1.68. The predicted molar refractivity (Wildman–Crippen MR) is 51.0 cm³/mol. The molecule has 4 N–H and O–H groups in total. The van der Waals surface area contributed by atoms with Gasteiger partial charge in [-0.1, -0.05) is 12.1 Å². The van der Waals surface area contributed by atoms with E-state index in [4.69, 9.17) is 10.2 Å². The summed E-state index contributed by atoms with van der Waals surface area (Å²) in [4.78, 5) is 21.3. The molecule has 0 spiro atoms. The molecule has 0 bridgehead atoms. The van der Waals surface area contributed by atoms with Gasteiger partial charge >= 0.3 is 6.09 Å². The van der Waals surface area contributed by atoms with Crippen LogP contribution < -0.4 is 10.9 Å². The van der Waals surface area contributed by atoms with Gasteiger partial charge in [0.25, 0.3) is 5.91 Å². The molecule has 0 aromatic heterocycles. The first kappa shape index (κ1) is 11.0. The number of carbonyl (C=O) groups is 2. The Morgan fingerprint density at radius 2 is 1.73 bits per heavy atom. The molecule has 6 nitrogen and oxygen atoms in total. The number of aliphatic hydroxyl groups excluding tert-OH is 1. The van der Waals surface area contributed by atoms with E-state index >= 15 is 0 Å². The van der Waals surface area contributed by atoms with Crippen LogP contribution >= 0.6 is 0 Å². The molecule has 0 fully saturated rings. The average molecular weight is 210 g/mol. The quantitative estimate of drug-likeness (QED) is 0.520. The van der Waals surface area contributed by atoms with E-state index in [1.165, 1.54) is 12.1 Å². The normalized spacial score (nSPS) is 9.40. The van der Waals surface area contributed by atoms with Gasteiger partial charge in [0, 0.05) is 5.56 Å². The smallest absolute Gasteiger partial charge is 0.423 e. The molecule has 1 rings (SSSR count). The summed E-state index contributed by atoms with van der Waals surface area (Å²) in [6.07, 6.45) is -1.34. The van der Waals surface area contributed by atoms with Crippen LogP contribution in [0.5, 0.6) is 0 Å². The first-order valence-corrected chi connectivity index (χ1v) is 4.12. The van der Waals surface area contributed by atoms with E-state index in [2.05, 4.69) is 0 Å². The van der Waals surface area contributed by atoms with Gasteiger partial charge in [0.2, 0.25) is 0 Å². The Bertz CT molecular complexity index is 361. The number of nitrogens with one attached hydrogen (secondary N) is 2. The van der Waals surface area contributed by atoms with Crippen molar-refractivity contribution in [2.75, 3.05) is 0 Å². The molecule has 80 valence electrons. The van der Waals surface area contributed by atoms with E-state index in [0.717, 1.165) is 0 Å². The summed E-state index contributed by atoms with van der Waals surface area (Å²) in [5.74, 6) is -0.554. The minimum absolute atomic E-state index is 0.102. The van der Waals surface area contributed by atoms with E-state index in [-0.39, 0.29) is 6.61 Å². The highest BCUT2D eigenvalue weighted by Crippen LogP contribution is 2.03. The Kier molecular flexibility index (Phi) is 3.64. The monoisotopic (exact) mass is 210 g/mol. The Morgan fingerprint density at radius 3 is 2.20 bits per heavy atom. The van der Waals surface area contributed by atoms with Crippen molar-refractivity contribution in [1.29, 1.82) is 0 Å². The molecule has 0 saturated heterocycles. The highest BCUT2D eigenvalue weighted by Gasteiger charge is 2.05. The van der Waals surface area contributed by atoms with Crippen LogP contribution in [-0.4, -0.2) is 22.2 Å². The molecule has 15 heavy (non-hydrogen) atoms. The minimum atomic E-state index is -1.34. The van der Waals surface area contributed by atoms with Gasteiger partial charge in [-0.15, -0.1) is 0 Å². The molecule has 0 saturated carbocycles. The fourth-order valence-electron chi connectivity index (χ4n) is 0.944. The number of carboxylic acid groups (broad SMARTS) is 1. The van der Waals surface area contributed by atoms with Gasteiger partial charge < -0.3 is 10.2 Å². The topological polar surface area (TPSA) is 98.7 Å². The van der Waals surface area contributed by atoms with Gasteiger partial charge in [0.1, 0.15) is 0 Å². The molecule has 0 heterocycles. The fourth-order valence-corrected chi connectivity index (χ4v) is 0.944. The number of amides is 2. The standard InChI is InChI=1S/C9H10N2O4/c12-5-6-1-3-7(4-2-6)8(13)10-11-9(14)15/h1-4,11-12H,5H2,(H,10,13)(H,14,15). The first-order valence-electron chi connectivity index (χ1n) is 4.12. The molecule has 1 aromatic carbocycles. The summed E-state index contributed by atoms with van der Waals surface area (Å²) < 4.78 is 0. The van der Waals surface area contributed by atoms with Gasteiger partial charge in [0.15, 0.2) is 0 Å². The van der Waals surface area contributed by atoms with Gasteiger partial charge in [-0.3, -0.25) is 10.2 Å². The van der Waals surface area contributed by atoms with Crippen molar-refractivity contribution in [3.05, 3.63) is 35.4 Å². The Balaban J connectivity index is 2.62. The van der Waals surface area contributed by atoms with Crippen LogP contribution in [0.25, 0.3) is 0 Å². The highest BCUT2D eigenvalue weighted by atomic mass is 16.4. The number of benzene rings is 1. The maximum Gasteiger partial charge on any atom is 0.423 e. The number of rotatable bonds is 2. The zero-order valence-electron chi connectivity index (χ0n) is 7.73. The zero-order valence-corrected chi connectivity index (χ0v) is 7.73. The third-order valence-corrected chi connectivity index (χ3v) is 1.68. The highest BCUT2D eigenvalue weighted by molar-refractivity contribution is 5.94. The Labute approximate surface area is 85.5 Å². The van der Waals surface area contributed by atoms with E-state index in [9.17, 15) is 9.59 Å². The summed E-state index contributed by atoms with van der Waals surface area (Å²) in [7, 11) is 0. The minimum Gasteiger partial charge on any atom is -0.464 e. The number of hydrazine groups is 1. The van der Waals surface area contributed by atoms with Gasteiger partial charge in [-0.25, -0.2) is 10.2 Å². The van der Waals surface area contributed by atoms with Crippen molar-refractivity contribution in [3.63, 3.8) is 0 Å². The average Bonchev–Trinajstić information content (AvgIpc) is 2.26. The molecular weight excluding hydrogens is 200 g/mol. The van der Waals surface area contributed by atoms with Crippen molar-refractivity contribution < 1.29 is 19.8 Å². The Morgan fingerprint density at radius 1 is 1.13 bits per heavy atom. The summed E-state index contributed by atoms with van der Waals surface area (Å²) in [6, 6.07) is 6.14.